The van der Waals surface area contributed by atoms with Gasteiger partial charge in [-0.3, -0.25) is 4.55 Å². The van der Waals surface area contributed by atoms with Crippen molar-refractivity contribution in [2.45, 2.75) is 102 Å². The molecule has 2 N–H and O–H groups in total. The Hall–Kier alpha value is -1.07. The van der Waals surface area contributed by atoms with Gasteiger partial charge in [0.05, 0.1) is 0 Å². The second-order valence-electron chi connectivity index (χ2n) is 7.23. The monoisotopic (exact) mass is 384 g/mol. The SMILES string of the molecule is CCCCCCCCCCCCCCCc1cccc(S(=O)(=O)O)c1O. The molecule has 1 aromatic rings. The van der Waals surface area contributed by atoms with Crippen LogP contribution in [0.15, 0.2) is 23.1 Å². The van der Waals surface area contributed by atoms with Crippen molar-refractivity contribution in [2.75, 3.05) is 0 Å². The van der Waals surface area contributed by atoms with Gasteiger partial charge in [0.25, 0.3) is 10.1 Å². The molecule has 1 aromatic carbocycles. The third kappa shape index (κ3) is 9.58. The van der Waals surface area contributed by atoms with Crippen molar-refractivity contribution in [3.63, 3.8) is 0 Å². The van der Waals surface area contributed by atoms with Crippen molar-refractivity contribution in [1.82, 2.24) is 0 Å². The molecule has 0 radical (unpaired) electrons. The lowest BCUT2D eigenvalue weighted by Gasteiger charge is -2.08. The van der Waals surface area contributed by atoms with Crippen LogP contribution in [-0.2, 0) is 16.5 Å². The zero-order valence-corrected chi connectivity index (χ0v) is 17.1. The first-order valence-electron chi connectivity index (χ1n) is 10.2. The Morgan fingerprint density at radius 2 is 1.23 bits per heavy atom. The molecule has 4 nitrogen and oxygen atoms in total. The molecule has 0 aliphatic heterocycles. The lowest BCUT2D eigenvalue weighted by molar-refractivity contribution is 0.436. The number of rotatable bonds is 15. The van der Waals surface area contributed by atoms with Gasteiger partial charge in [-0.2, -0.15) is 8.42 Å². The van der Waals surface area contributed by atoms with Gasteiger partial charge in [0.15, 0.2) is 0 Å². The molecule has 0 spiro atoms. The molecule has 0 saturated heterocycles. The number of phenols is 1. The van der Waals surface area contributed by atoms with Gasteiger partial charge in [-0.1, -0.05) is 96.1 Å². The topological polar surface area (TPSA) is 74.6 Å². The summed E-state index contributed by atoms with van der Waals surface area (Å²) in [6.45, 7) is 2.25. The van der Waals surface area contributed by atoms with E-state index < -0.39 is 15.0 Å². The van der Waals surface area contributed by atoms with E-state index in [1.54, 1.807) is 12.1 Å². The van der Waals surface area contributed by atoms with Gasteiger partial charge >= 0.3 is 0 Å². The molecule has 0 bridgehead atoms. The Morgan fingerprint density at radius 3 is 1.69 bits per heavy atom. The van der Waals surface area contributed by atoms with Crippen LogP contribution >= 0.6 is 0 Å². The first-order valence-corrected chi connectivity index (χ1v) is 11.7. The standard InChI is InChI=1S/C21H36O4S/c1-2-3-4-5-6-7-8-9-10-11-12-13-14-16-19-17-15-18-20(21(19)22)26(23,24)25/h15,17-18,22H,2-14,16H2,1H3,(H,23,24,25). The van der Waals surface area contributed by atoms with E-state index in [9.17, 15) is 13.5 Å². The molecule has 0 unspecified atom stereocenters. The first-order chi connectivity index (χ1) is 12.5. The zero-order chi connectivity index (χ0) is 19.3. The maximum atomic E-state index is 11.2. The molecule has 1 rings (SSSR count). The summed E-state index contributed by atoms with van der Waals surface area (Å²) in [5.74, 6) is -0.311. The number of unbranched alkanes of at least 4 members (excludes halogenated alkanes) is 12. The van der Waals surface area contributed by atoms with Gasteiger partial charge in [0.2, 0.25) is 0 Å². The lowest BCUT2D eigenvalue weighted by atomic mass is 10.0. The molecule has 0 fully saturated rings. The molecule has 0 saturated carbocycles. The van der Waals surface area contributed by atoms with Crippen molar-refractivity contribution >= 4 is 10.1 Å². The number of aromatic hydroxyl groups is 1. The molecular weight excluding hydrogens is 348 g/mol. The number of aryl methyl sites for hydroxylation is 1. The number of benzene rings is 1. The van der Waals surface area contributed by atoms with E-state index in [1.807, 2.05) is 0 Å². The Morgan fingerprint density at radius 1 is 0.769 bits per heavy atom. The second-order valence-corrected chi connectivity index (χ2v) is 8.62. The number of hydrogen-bond acceptors (Lipinski definition) is 3. The minimum atomic E-state index is -4.36. The average Bonchev–Trinajstić information content (AvgIpc) is 2.59. The molecule has 5 heteroatoms. The zero-order valence-electron chi connectivity index (χ0n) is 16.3. The number of hydrogen-bond donors (Lipinski definition) is 2. The largest absolute Gasteiger partial charge is 0.506 e. The number of para-hydroxylation sites is 1. The van der Waals surface area contributed by atoms with Crippen molar-refractivity contribution in [3.8, 4) is 5.75 Å². The lowest BCUT2D eigenvalue weighted by Crippen LogP contribution is -2.00. The predicted molar refractivity (Wildman–Crippen MR) is 107 cm³/mol. The van der Waals surface area contributed by atoms with Gasteiger partial charge in [-0.05, 0) is 24.5 Å². The summed E-state index contributed by atoms with van der Waals surface area (Å²) in [5.41, 5.74) is 0.586. The Kier molecular flexibility index (Phi) is 11.6. The smallest absolute Gasteiger partial charge is 0.298 e. The van der Waals surface area contributed by atoms with Crippen LogP contribution in [0.2, 0.25) is 0 Å². The summed E-state index contributed by atoms with van der Waals surface area (Å²) < 4.78 is 31.5. The van der Waals surface area contributed by atoms with E-state index in [0.29, 0.717) is 12.0 Å². The number of phenolic OH excluding ortho intramolecular Hbond substituents is 1. The third-order valence-corrected chi connectivity index (χ3v) is 5.80. The Bertz CT molecular complexity index is 596. The fraction of sp³-hybridized carbons (Fsp3) is 0.714. The van der Waals surface area contributed by atoms with Gasteiger partial charge < -0.3 is 5.11 Å². The van der Waals surface area contributed by atoms with Crippen LogP contribution in [0.3, 0.4) is 0 Å². The maximum Gasteiger partial charge on any atom is 0.298 e. The molecule has 26 heavy (non-hydrogen) atoms. The average molecular weight is 385 g/mol. The third-order valence-electron chi connectivity index (χ3n) is 4.91. The molecule has 150 valence electrons. The predicted octanol–water partition coefficient (Wildman–Crippen LogP) is 6.27. The minimum absolute atomic E-state index is 0.311. The summed E-state index contributed by atoms with van der Waals surface area (Å²) in [6.07, 6.45) is 17.2. The van der Waals surface area contributed by atoms with E-state index in [2.05, 4.69) is 6.92 Å². The first kappa shape index (κ1) is 23.0. The summed E-state index contributed by atoms with van der Waals surface area (Å²) in [7, 11) is -4.36. The van der Waals surface area contributed by atoms with Gasteiger partial charge in [-0.25, -0.2) is 0 Å². The molecule has 0 aliphatic carbocycles. The Balaban J connectivity index is 2.06. The van der Waals surface area contributed by atoms with Crippen LogP contribution in [0.5, 0.6) is 5.75 Å². The summed E-state index contributed by atoms with van der Waals surface area (Å²) in [6, 6.07) is 4.49. The highest BCUT2D eigenvalue weighted by atomic mass is 32.2. The highest BCUT2D eigenvalue weighted by Gasteiger charge is 2.17. The fourth-order valence-electron chi connectivity index (χ4n) is 3.31. The maximum absolute atomic E-state index is 11.2. The fourth-order valence-corrected chi connectivity index (χ4v) is 3.94. The summed E-state index contributed by atoms with van der Waals surface area (Å²) >= 11 is 0. The van der Waals surface area contributed by atoms with Crippen LogP contribution in [0.25, 0.3) is 0 Å². The van der Waals surface area contributed by atoms with Crippen molar-refractivity contribution in [2.24, 2.45) is 0 Å². The van der Waals surface area contributed by atoms with E-state index in [0.717, 1.165) is 12.8 Å². The van der Waals surface area contributed by atoms with Gasteiger partial charge in [-0.15, -0.1) is 0 Å². The quantitative estimate of drug-likeness (QED) is 0.276. The van der Waals surface area contributed by atoms with E-state index >= 15 is 0 Å². The summed E-state index contributed by atoms with van der Waals surface area (Å²) in [4.78, 5) is -0.398. The van der Waals surface area contributed by atoms with Crippen LogP contribution in [-0.4, -0.2) is 18.1 Å². The van der Waals surface area contributed by atoms with E-state index in [1.165, 1.54) is 76.7 Å². The van der Waals surface area contributed by atoms with E-state index in [4.69, 9.17) is 4.55 Å². The molecule has 0 aromatic heterocycles. The molecule has 0 atom stereocenters. The second kappa shape index (κ2) is 13.2. The molecular formula is C21H36O4S. The van der Waals surface area contributed by atoms with E-state index in [-0.39, 0.29) is 5.75 Å². The van der Waals surface area contributed by atoms with Crippen molar-refractivity contribution < 1.29 is 18.1 Å². The van der Waals surface area contributed by atoms with Crippen LogP contribution in [0.1, 0.15) is 96.0 Å². The highest BCUT2D eigenvalue weighted by molar-refractivity contribution is 7.86. The Labute approximate surface area is 159 Å². The van der Waals surface area contributed by atoms with Crippen LogP contribution < -0.4 is 0 Å². The van der Waals surface area contributed by atoms with Crippen molar-refractivity contribution in [3.05, 3.63) is 23.8 Å². The van der Waals surface area contributed by atoms with Crippen LogP contribution in [0.4, 0.5) is 0 Å². The molecule has 0 amide bonds. The van der Waals surface area contributed by atoms with Crippen molar-refractivity contribution in [1.29, 1.82) is 0 Å². The van der Waals surface area contributed by atoms with Crippen LogP contribution in [0, 0.1) is 0 Å². The normalized spacial score (nSPS) is 11.8. The summed E-state index contributed by atoms with van der Waals surface area (Å²) in [5, 5.41) is 9.98. The molecule has 0 aliphatic rings. The molecule has 0 heterocycles. The minimum Gasteiger partial charge on any atom is -0.506 e. The van der Waals surface area contributed by atoms with Gasteiger partial charge in [0.1, 0.15) is 10.6 Å². The highest BCUT2D eigenvalue weighted by Crippen LogP contribution is 2.28. The van der Waals surface area contributed by atoms with Gasteiger partial charge in [0, 0.05) is 0 Å².